The van der Waals surface area contributed by atoms with Gasteiger partial charge in [0.2, 0.25) is 11.8 Å². The Morgan fingerprint density at radius 1 is 0.846 bits per heavy atom. The Bertz CT molecular complexity index is 1590. The second-order valence-corrected chi connectivity index (χ2v) is 13.6. The SMILES string of the molecule is CC(C)CC(NC(=O)N1CCCCCC1)C(=O)NC(Cc1cn(C)c2ccccc12)C(=O)NC(Cc1ccccn1)C(=O)OCCCCON(O)O. The molecule has 2 aromatic heterocycles. The first-order valence-electron chi connectivity index (χ1n) is 18.1. The van der Waals surface area contributed by atoms with Gasteiger partial charge in [-0.2, -0.15) is 0 Å². The number of hydrogen-bond donors (Lipinski definition) is 5. The first-order valence-corrected chi connectivity index (χ1v) is 18.1. The van der Waals surface area contributed by atoms with Crippen LogP contribution in [0.4, 0.5) is 4.79 Å². The van der Waals surface area contributed by atoms with Crippen molar-refractivity contribution < 1.29 is 39.2 Å². The Morgan fingerprint density at radius 2 is 1.52 bits per heavy atom. The molecule has 0 saturated carbocycles. The minimum absolute atomic E-state index is 0.00257. The number of likely N-dealkylation sites (tertiary alicyclic amines) is 1. The zero-order valence-electron chi connectivity index (χ0n) is 30.3. The van der Waals surface area contributed by atoms with Crippen molar-refractivity contribution in [1.29, 1.82) is 0 Å². The van der Waals surface area contributed by atoms with Crippen LogP contribution in [0.3, 0.4) is 0 Å². The van der Waals surface area contributed by atoms with Crippen molar-refractivity contribution in [3.8, 4) is 0 Å². The first kappa shape index (κ1) is 40.2. The molecular weight excluding hydrogens is 670 g/mol. The van der Waals surface area contributed by atoms with Gasteiger partial charge in [0, 0.05) is 62.0 Å². The number of fused-ring (bicyclic) bond motifs is 1. The van der Waals surface area contributed by atoms with Gasteiger partial charge in [0.25, 0.3) is 0 Å². The van der Waals surface area contributed by atoms with Gasteiger partial charge in [-0.25, -0.2) is 9.59 Å². The average Bonchev–Trinajstić information content (AvgIpc) is 3.25. The molecule has 4 amide bonds. The van der Waals surface area contributed by atoms with Gasteiger partial charge in [-0.1, -0.05) is 51.0 Å². The van der Waals surface area contributed by atoms with Crippen molar-refractivity contribution >= 4 is 34.7 Å². The van der Waals surface area contributed by atoms with E-state index >= 15 is 0 Å². The highest BCUT2D eigenvalue weighted by atomic mass is 17.1. The van der Waals surface area contributed by atoms with E-state index in [1.54, 1.807) is 29.3 Å². The molecule has 0 radical (unpaired) electrons. The zero-order valence-corrected chi connectivity index (χ0v) is 30.3. The van der Waals surface area contributed by atoms with E-state index < -0.39 is 35.9 Å². The number of aromatic nitrogens is 2. The molecule has 1 aliphatic rings. The Balaban J connectivity index is 1.56. The number of ether oxygens (including phenoxy) is 1. The van der Waals surface area contributed by atoms with Crippen molar-refractivity contribution in [1.82, 2.24) is 35.8 Å². The number of nitrogens with one attached hydrogen (secondary N) is 3. The number of benzene rings is 1. The zero-order chi connectivity index (χ0) is 37.5. The largest absolute Gasteiger partial charge is 0.464 e. The minimum atomic E-state index is -1.13. The molecule has 4 rings (SSSR count). The summed E-state index contributed by atoms with van der Waals surface area (Å²) in [6.07, 6.45) is 8.68. The molecule has 52 heavy (non-hydrogen) atoms. The number of esters is 1. The third-order valence-electron chi connectivity index (χ3n) is 8.98. The lowest BCUT2D eigenvalue weighted by atomic mass is 10.0. The average molecular weight is 724 g/mol. The van der Waals surface area contributed by atoms with Gasteiger partial charge in [-0.05, 0) is 61.8 Å². The van der Waals surface area contributed by atoms with Crippen molar-refractivity contribution in [2.75, 3.05) is 26.3 Å². The molecule has 0 aliphatic carbocycles. The lowest BCUT2D eigenvalue weighted by Crippen LogP contribution is -2.58. The molecule has 15 nitrogen and oxygen atoms in total. The van der Waals surface area contributed by atoms with Crippen molar-refractivity contribution in [3.05, 3.63) is 66.1 Å². The predicted octanol–water partition coefficient (Wildman–Crippen LogP) is 3.66. The molecular formula is C37H53N7O8. The fourth-order valence-electron chi connectivity index (χ4n) is 6.32. The van der Waals surface area contributed by atoms with Crippen LogP contribution in [0.1, 0.15) is 70.1 Å². The summed E-state index contributed by atoms with van der Waals surface area (Å²) >= 11 is 0. The molecule has 1 aromatic carbocycles. The third kappa shape index (κ3) is 12.6. The maximum Gasteiger partial charge on any atom is 0.329 e. The van der Waals surface area contributed by atoms with E-state index in [4.69, 9.17) is 15.2 Å². The monoisotopic (exact) mass is 723 g/mol. The van der Waals surface area contributed by atoms with E-state index in [-0.39, 0.29) is 43.4 Å². The number of para-hydroxylation sites is 1. The van der Waals surface area contributed by atoms with E-state index in [0.29, 0.717) is 38.0 Å². The molecule has 5 N–H and O–H groups in total. The van der Waals surface area contributed by atoms with E-state index in [0.717, 1.165) is 42.1 Å². The number of urea groups is 1. The number of unbranched alkanes of at least 4 members (excludes halogenated alkanes) is 1. The van der Waals surface area contributed by atoms with Gasteiger partial charge in [0.05, 0.1) is 18.6 Å². The smallest absolute Gasteiger partial charge is 0.329 e. The Kier molecular flexibility index (Phi) is 15.8. The van der Waals surface area contributed by atoms with Crippen LogP contribution < -0.4 is 16.0 Å². The molecule has 3 unspecified atom stereocenters. The van der Waals surface area contributed by atoms with Crippen molar-refractivity contribution in [2.45, 2.75) is 89.8 Å². The van der Waals surface area contributed by atoms with E-state index in [1.165, 1.54) is 0 Å². The Hall–Kier alpha value is -4.57. The molecule has 3 heterocycles. The van der Waals surface area contributed by atoms with Crippen molar-refractivity contribution in [2.24, 2.45) is 13.0 Å². The van der Waals surface area contributed by atoms with Gasteiger partial charge in [0.1, 0.15) is 18.1 Å². The van der Waals surface area contributed by atoms with E-state index in [1.807, 2.05) is 55.9 Å². The predicted molar refractivity (Wildman–Crippen MR) is 192 cm³/mol. The van der Waals surface area contributed by atoms with Crippen LogP contribution >= 0.6 is 0 Å². The van der Waals surface area contributed by atoms with Gasteiger partial charge in [-0.15, -0.1) is 0 Å². The third-order valence-corrected chi connectivity index (χ3v) is 8.98. The fourth-order valence-corrected chi connectivity index (χ4v) is 6.32. The summed E-state index contributed by atoms with van der Waals surface area (Å²) in [7, 11) is 1.91. The highest BCUT2D eigenvalue weighted by Crippen LogP contribution is 2.22. The topological polar surface area (TPSA) is 188 Å². The summed E-state index contributed by atoms with van der Waals surface area (Å²) in [6.45, 7) is 5.17. The van der Waals surface area contributed by atoms with E-state index in [2.05, 4.69) is 25.8 Å². The number of pyridine rings is 1. The quantitative estimate of drug-likeness (QED) is 0.0737. The van der Waals surface area contributed by atoms with Crippen LogP contribution in [-0.4, -0.2) is 98.5 Å². The molecule has 284 valence electrons. The summed E-state index contributed by atoms with van der Waals surface area (Å²) in [6, 6.07) is 9.58. The number of carbonyl (C=O) groups excluding carboxylic acids is 4. The first-order chi connectivity index (χ1) is 25.0. The molecule has 0 bridgehead atoms. The van der Waals surface area contributed by atoms with Crippen LogP contribution in [0.25, 0.3) is 10.9 Å². The number of carbonyl (C=O) groups is 4. The van der Waals surface area contributed by atoms with Gasteiger partial charge >= 0.3 is 12.0 Å². The Labute approximate surface area is 304 Å². The summed E-state index contributed by atoms with van der Waals surface area (Å²) in [4.78, 5) is 65.6. The van der Waals surface area contributed by atoms with Gasteiger partial charge in [0.15, 0.2) is 0 Å². The molecule has 0 spiro atoms. The highest BCUT2D eigenvalue weighted by Gasteiger charge is 2.32. The van der Waals surface area contributed by atoms with E-state index in [9.17, 15) is 19.2 Å². The molecule has 1 aliphatic heterocycles. The second-order valence-electron chi connectivity index (χ2n) is 13.6. The van der Waals surface area contributed by atoms with Crippen molar-refractivity contribution in [3.63, 3.8) is 0 Å². The Morgan fingerprint density at radius 3 is 2.21 bits per heavy atom. The summed E-state index contributed by atoms with van der Waals surface area (Å²) in [5.41, 5.74) is 2.33. The standard InChI is InChI=1S/C37H53N7O8/c1-26(2)22-30(41-37(48)43-18-10-4-5-11-19-43)34(45)39-31(23-27-25-42(3)33-16-7-6-15-29(27)33)35(46)40-32(24-28-14-8-9-17-38-28)36(47)51-20-12-13-21-52-44(49)50/h6-9,14-17,25-26,30-32,49-50H,4-5,10-13,18-24H2,1-3H3,(H,39,45)(H,40,46)(H,41,48). The van der Waals surface area contributed by atoms with Crippen LogP contribution in [0, 0.1) is 5.92 Å². The number of hydrogen-bond acceptors (Lipinski definition) is 10. The van der Waals surface area contributed by atoms with Crippen LogP contribution in [0.15, 0.2) is 54.9 Å². The molecule has 15 heteroatoms. The number of nitrogens with zero attached hydrogens (tertiary/aromatic N) is 4. The maximum absolute atomic E-state index is 14.2. The summed E-state index contributed by atoms with van der Waals surface area (Å²) < 4.78 is 7.45. The molecule has 3 atom stereocenters. The second kappa shape index (κ2) is 20.5. The molecule has 3 aromatic rings. The number of aryl methyl sites for hydroxylation is 1. The maximum atomic E-state index is 14.2. The van der Waals surface area contributed by atoms with Gasteiger partial charge < -0.3 is 30.2 Å². The number of rotatable bonds is 18. The highest BCUT2D eigenvalue weighted by molar-refractivity contribution is 5.94. The normalized spacial score (nSPS) is 15.2. The molecule has 1 saturated heterocycles. The fraction of sp³-hybridized carbons (Fsp3) is 0.541. The van der Waals surface area contributed by atoms with Gasteiger partial charge in [-0.3, -0.25) is 29.8 Å². The van der Waals surface area contributed by atoms with Crippen LogP contribution in [-0.2, 0) is 43.8 Å². The summed E-state index contributed by atoms with van der Waals surface area (Å²) in [5.74, 6) is -1.71. The lowest BCUT2D eigenvalue weighted by molar-refractivity contribution is -0.492. The minimum Gasteiger partial charge on any atom is -0.464 e. The van der Waals surface area contributed by atoms with Crippen LogP contribution in [0.5, 0.6) is 0 Å². The number of amides is 4. The van der Waals surface area contributed by atoms with Crippen LogP contribution in [0.2, 0.25) is 0 Å². The lowest BCUT2D eigenvalue weighted by Gasteiger charge is -2.28. The molecule has 1 fully saturated rings. The summed E-state index contributed by atoms with van der Waals surface area (Å²) in [5, 5.41) is 26.6.